The Hall–Kier alpha value is 0.250. The lowest BCUT2D eigenvalue weighted by atomic mass is 10.4. The molecule has 0 amide bonds. The summed E-state index contributed by atoms with van der Waals surface area (Å²) in [4.78, 5) is 4.95. The molecule has 0 spiro atoms. The molecule has 0 fully saturated rings. The highest BCUT2D eigenvalue weighted by Gasteiger charge is 2.00. The summed E-state index contributed by atoms with van der Waals surface area (Å²) in [6.45, 7) is 0. The number of amidine groups is 1. The molecule has 0 aliphatic rings. The highest BCUT2D eigenvalue weighted by Crippen LogP contribution is 2.24. The first-order valence-corrected chi connectivity index (χ1v) is 5.18. The highest BCUT2D eigenvalue weighted by atomic mass is 127. The summed E-state index contributed by atoms with van der Waals surface area (Å²) in [6, 6.07) is 4.06. The van der Waals surface area contributed by atoms with Gasteiger partial charge in [0, 0.05) is 7.05 Å². The van der Waals surface area contributed by atoms with Gasteiger partial charge in [-0.05, 0) is 18.4 Å². The van der Waals surface area contributed by atoms with Crippen LogP contribution in [0.5, 0.6) is 0 Å². The van der Waals surface area contributed by atoms with E-state index in [1.807, 2.05) is 6.07 Å². The zero-order valence-electron chi connectivity index (χ0n) is 6.90. The molecule has 2 N–H and O–H groups in total. The number of nitrogens with zero attached hydrogens (tertiary/aromatic N) is 1. The van der Waals surface area contributed by atoms with Crippen LogP contribution in [0.1, 0.15) is 4.88 Å². The second-order valence-electron chi connectivity index (χ2n) is 1.93. The van der Waals surface area contributed by atoms with E-state index < -0.39 is 0 Å². The molecule has 5 heteroatoms. The fraction of sp³-hybridized carbons (Fsp3) is 0.286. The molecule has 1 heterocycles. The normalized spacial score (nSPS) is 11.0. The number of thioether (sulfide) groups is 1. The Morgan fingerprint density at radius 3 is 2.67 bits per heavy atom. The van der Waals surface area contributed by atoms with Crippen LogP contribution in [0.3, 0.4) is 0 Å². The summed E-state index contributed by atoms with van der Waals surface area (Å²) in [7, 11) is 1.70. The van der Waals surface area contributed by atoms with E-state index in [-0.39, 0.29) is 24.0 Å². The first-order valence-electron chi connectivity index (χ1n) is 3.14. The average Bonchev–Trinajstić information content (AvgIpc) is 2.50. The lowest BCUT2D eigenvalue weighted by Crippen LogP contribution is -2.10. The van der Waals surface area contributed by atoms with E-state index in [0.717, 1.165) is 4.88 Å². The molecule has 0 saturated carbocycles. The minimum Gasteiger partial charge on any atom is -0.383 e. The number of hydrogen-bond acceptors (Lipinski definition) is 3. The van der Waals surface area contributed by atoms with E-state index in [9.17, 15) is 0 Å². The molecule has 0 atom stereocenters. The molecular formula is C7H11IN2S2. The van der Waals surface area contributed by atoms with Gasteiger partial charge in [-0.1, -0.05) is 0 Å². The number of thiophene rings is 1. The van der Waals surface area contributed by atoms with Crippen molar-refractivity contribution in [2.45, 2.75) is 4.21 Å². The van der Waals surface area contributed by atoms with E-state index >= 15 is 0 Å². The minimum atomic E-state index is 0. The van der Waals surface area contributed by atoms with Crippen molar-refractivity contribution in [3.63, 3.8) is 0 Å². The van der Waals surface area contributed by atoms with Crippen LogP contribution in [-0.2, 0) is 0 Å². The summed E-state index contributed by atoms with van der Waals surface area (Å²) in [5, 5.41) is 0. The molecular weight excluding hydrogens is 303 g/mol. The Bertz CT molecular complexity index is 270. The molecule has 0 radical (unpaired) electrons. The Labute approximate surface area is 97.7 Å². The third-order valence-electron chi connectivity index (χ3n) is 1.28. The topological polar surface area (TPSA) is 38.4 Å². The maximum Gasteiger partial charge on any atom is 0.135 e. The number of halogens is 1. The summed E-state index contributed by atoms with van der Waals surface area (Å²) in [6.07, 6.45) is 2.05. The Kier molecular flexibility index (Phi) is 5.94. The van der Waals surface area contributed by atoms with Gasteiger partial charge >= 0.3 is 0 Å². The molecule has 0 aliphatic heterocycles. The lowest BCUT2D eigenvalue weighted by Gasteiger charge is -1.90. The lowest BCUT2D eigenvalue weighted by molar-refractivity contribution is 1.41. The standard InChI is InChI=1S/C7H10N2S2.HI/c1-9-7(8)5-3-4-6(10-2)11-5;/h3-4H,1-2H3,(H2,8,9);1H. The van der Waals surface area contributed by atoms with Crippen molar-refractivity contribution in [2.24, 2.45) is 10.7 Å². The van der Waals surface area contributed by atoms with E-state index in [1.54, 1.807) is 30.1 Å². The van der Waals surface area contributed by atoms with E-state index in [0.29, 0.717) is 5.84 Å². The van der Waals surface area contributed by atoms with Crippen LogP contribution < -0.4 is 5.73 Å². The summed E-state index contributed by atoms with van der Waals surface area (Å²) in [5.41, 5.74) is 5.61. The second kappa shape index (κ2) is 5.82. The van der Waals surface area contributed by atoms with Crippen molar-refractivity contribution < 1.29 is 0 Å². The van der Waals surface area contributed by atoms with Gasteiger partial charge in [0.2, 0.25) is 0 Å². The average molecular weight is 314 g/mol. The van der Waals surface area contributed by atoms with Crippen molar-refractivity contribution >= 4 is 52.9 Å². The van der Waals surface area contributed by atoms with Crippen LogP contribution >= 0.6 is 47.1 Å². The SMILES string of the molecule is CN=C(N)c1ccc(SC)s1.I. The molecule has 1 aromatic heterocycles. The number of rotatable bonds is 2. The zero-order valence-corrected chi connectivity index (χ0v) is 10.9. The first kappa shape index (κ1) is 12.2. The third kappa shape index (κ3) is 2.95. The van der Waals surface area contributed by atoms with Gasteiger partial charge in [0.1, 0.15) is 5.84 Å². The predicted octanol–water partition coefficient (Wildman–Crippen LogP) is 2.42. The second-order valence-corrected chi connectivity index (χ2v) is 4.12. The van der Waals surface area contributed by atoms with E-state index in [4.69, 9.17) is 5.73 Å². The monoisotopic (exact) mass is 314 g/mol. The Morgan fingerprint density at radius 1 is 1.58 bits per heavy atom. The van der Waals surface area contributed by atoms with Crippen LogP contribution in [0.15, 0.2) is 21.3 Å². The molecule has 0 saturated heterocycles. The van der Waals surface area contributed by atoms with Crippen LogP contribution in [0.2, 0.25) is 0 Å². The van der Waals surface area contributed by atoms with E-state index in [2.05, 4.69) is 17.3 Å². The molecule has 68 valence electrons. The van der Waals surface area contributed by atoms with Gasteiger partial charge in [0.05, 0.1) is 9.09 Å². The summed E-state index contributed by atoms with van der Waals surface area (Å²) in [5.74, 6) is 0.621. The maximum atomic E-state index is 5.61. The minimum absolute atomic E-state index is 0. The predicted molar refractivity (Wildman–Crippen MR) is 68.2 cm³/mol. The fourth-order valence-electron chi connectivity index (χ4n) is 0.678. The van der Waals surface area contributed by atoms with Gasteiger partial charge in [-0.25, -0.2) is 0 Å². The molecule has 0 bridgehead atoms. The largest absolute Gasteiger partial charge is 0.383 e. The van der Waals surface area contributed by atoms with Crippen molar-refractivity contribution in [3.8, 4) is 0 Å². The molecule has 0 aromatic carbocycles. The van der Waals surface area contributed by atoms with Crippen molar-refractivity contribution in [1.82, 2.24) is 0 Å². The fourth-order valence-corrected chi connectivity index (χ4v) is 2.17. The molecule has 0 aliphatic carbocycles. The van der Waals surface area contributed by atoms with Gasteiger partial charge in [-0.2, -0.15) is 0 Å². The van der Waals surface area contributed by atoms with E-state index in [1.165, 1.54) is 4.21 Å². The van der Waals surface area contributed by atoms with Gasteiger partial charge < -0.3 is 5.73 Å². The first-order chi connectivity index (χ1) is 5.27. The summed E-state index contributed by atoms with van der Waals surface area (Å²) < 4.78 is 1.27. The van der Waals surface area contributed by atoms with Crippen LogP contribution in [0, 0.1) is 0 Å². The van der Waals surface area contributed by atoms with Crippen LogP contribution in [0.25, 0.3) is 0 Å². The smallest absolute Gasteiger partial charge is 0.135 e. The highest BCUT2D eigenvalue weighted by molar-refractivity contribution is 14.0. The third-order valence-corrected chi connectivity index (χ3v) is 3.47. The van der Waals surface area contributed by atoms with Crippen LogP contribution in [0.4, 0.5) is 0 Å². The van der Waals surface area contributed by atoms with Crippen LogP contribution in [-0.4, -0.2) is 19.1 Å². The quantitative estimate of drug-likeness (QED) is 0.394. The summed E-state index contributed by atoms with van der Waals surface area (Å²) >= 11 is 3.40. The Morgan fingerprint density at radius 2 is 2.25 bits per heavy atom. The van der Waals surface area contributed by atoms with Gasteiger partial charge in [-0.15, -0.1) is 47.1 Å². The zero-order chi connectivity index (χ0) is 8.27. The number of nitrogens with two attached hydrogens (primary N) is 1. The van der Waals surface area contributed by atoms with Crippen molar-refractivity contribution in [3.05, 3.63) is 17.0 Å². The maximum absolute atomic E-state index is 5.61. The number of aliphatic imine (C=N–C) groups is 1. The number of hydrogen-bond donors (Lipinski definition) is 1. The molecule has 2 nitrogen and oxygen atoms in total. The molecule has 1 rings (SSSR count). The van der Waals surface area contributed by atoms with Crippen molar-refractivity contribution in [1.29, 1.82) is 0 Å². The Balaban J connectivity index is 0.00000121. The van der Waals surface area contributed by atoms with Gasteiger partial charge in [-0.3, -0.25) is 4.99 Å². The molecule has 1 aromatic rings. The molecule has 0 unspecified atom stereocenters. The molecule has 12 heavy (non-hydrogen) atoms. The van der Waals surface area contributed by atoms with Gasteiger partial charge in [0.15, 0.2) is 0 Å². The van der Waals surface area contributed by atoms with Crippen molar-refractivity contribution in [2.75, 3.05) is 13.3 Å². The van der Waals surface area contributed by atoms with Gasteiger partial charge in [0.25, 0.3) is 0 Å².